The second-order valence-electron chi connectivity index (χ2n) is 4.84. The number of carbonyl (C=O) groups is 1. The molecule has 0 aliphatic heterocycles. The van der Waals surface area contributed by atoms with Crippen molar-refractivity contribution < 1.29 is 13.6 Å². The Labute approximate surface area is 155 Å². The lowest BCUT2D eigenvalue weighted by atomic mass is 10.2. The Balaban J connectivity index is 1.63. The first-order chi connectivity index (χ1) is 12.0. The minimum absolute atomic E-state index is 0.172. The molecule has 1 N–H and O–H groups in total. The van der Waals surface area contributed by atoms with E-state index in [2.05, 4.69) is 15.5 Å². The number of rotatable bonds is 5. The summed E-state index contributed by atoms with van der Waals surface area (Å²) >= 11 is 8.39. The summed E-state index contributed by atoms with van der Waals surface area (Å²) in [7, 11) is 0. The molecular weight excluding hydrogens is 388 g/mol. The van der Waals surface area contributed by atoms with E-state index < -0.39 is 23.1 Å². The largest absolute Gasteiger partial charge is 0.296 e. The van der Waals surface area contributed by atoms with Crippen LogP contribution in [0.2, 0.25) is 5.02 Å². The molecule has 1 aromatic heterocycles. The second kappa shape index (κ2) is 7.90. The summed E-state index contributed by atoms with van der Waals surface area (Å²) in [4.78, 5) is 12.0. The van der Waals surface area contributed by atoms with Gasteiger partial charge in [0, 0.05) is 10.8 Å². The normalized spacial score (nSPS) is 10.7. The highest BCUT2D eigenvalue weighted by Crippen LogP contribution is 2.29. The summed E-state index contributed by atoms with van der Waals surface area (Å²) in [6.07, 6.45) is 0. The van der Waals surface area contributed by atoms with Crippen molar-refractivity contribution in [3.63, 3.8) is 0 Å². The van der Waals surface area contributed by atoms with E-state index in [1.165, 1.54) is 17.8 Å². The van der Waals surface area contributed by atoms with Crippen molar-refractivity contribution in [3.8, 4) is 0 Å². The van der Waals surface area contributed by atoms with E-state index in [1.807, 2.05) is 12.1 Å². The first kappa shape index (κ1) is 17.8. The van der Waals surface area contributed by atoms with Gasteiger partial charge >= 0.3 is 0 Å². The first-order valence-electron chi connectivity index (χ1n) is 6.99. The monoisotopic (exact) mass is 397 g/mol. The van der Waals surface area contributed by atoms with E-state index in [-0.39, 0.29) is 5.13 Å². The average Bonchev–Trinajstić information content (AvgIpc) is 3.01. The van der Waals surface area contributed by atoms with Crippen molar-refractivity contribution in [3.05, 3.63) is 70.2 Å². The maximum Gasteiger partial charge on any atom is 0.263 e. The van der Waals surface area contributed by atoms with Gasteiger partial charge in [-0.15, -0.1) is 10.2 Å². The maximum absolute atomic E-state index is 13.6. The number of amides is 1. The Hall–Kier alpha value is -2.03. The van der Waals surface area contributed by atoms with Crippen LogP contribution in [0.15, 0.2) is 46.8 Å². The standard InChI is InChI=1S/C16H10ClF2N3OS2/c17-10-6-4-9(5-7-10)8-24-16-22-21-15(25-16)20-14(23)13-11(18)2-1-3-12(13)19/h1-7H,8H2,(H,20,21,23). The van der Waals surface area contributed by atoms with Crippen LogP contribution in [-0.2, 0) is 5.75 Å². The summed E-state index contributed by atoms with van der Waals surface area (Å²) in [5.74, 6) is -2.11. The van der Waals surface area contributed by atoms with Crippen molar-refractivity contribution in [1.82, 2.24) is 10.2 Å². The van der Waals surface area contributed by atoms with Gasteiger partial charge in [-0.2, -0.15) is 0 Å². The van der Waals surface area contributed by atoms with Crippen LogP contribution in [0.1, 0.15) is 15.9 Å². The SMILES string of the molecule is O=C(Nc1nnc(SCc2ccc(Cl)cc2)s1)c1c(F)cccc1F. The number of aromatic nitrogens is 2. The molecule has 2 aromatic carbocycles. The molecule has 0 unspecified atom stereocenters. The first-order valence-corrected chi connectivity index (χ1v) is 9.17. The van der Waals surface area contributed by atoms with Crippen LogP contribution in [0, 0.1) is 11.6 Å². The molecule has 3 rings (SSSR count). The van der Waals surface area contributed by atoms with Crippen LogP contribution >= 0.6 is 34.7 Å². The predicted molar refractivity (Wildman–Crippen MR) is 95.2 cm³/mol. The number of thioether (sulfide) groups is 1. The second-order valence-corrected chi connectivity index (χ2v) is 7.48. The zero-order valence-corrected chi connectivity index (χ0v) is 14.9. The molecular formula is C16H10ClF2N3OS2. The number of nitrogens with zero attached hydrogens (tertiary/aromatic N) is 2. The summed E-state index contributed by atoms with van der Waals surface area (Å²) in [6.45, 7) is 0. The molecule has 0 atom stereocenters. The number of benzene rings is 2. The number of halogens is 3. The fourth-order valence-electron chi connectivity index (χ4n) is 1.92. The van der Waals surface area contributed by atoms with Gasteiger partial charge in [0.25, 0.3) is 5.91 Å². The summed E-state index contributed by atoms with van der Waals surface area (Å²) in [5, 5.41) is 11.0. The van der Waals surface area contributed by atoms with Gasteiger partial charge in [0.2, 0.25) is 5.13 Å². The Morgan fingerprint density at radius 3 is 2.48 bits per heavy atom. The van der Waals surface area contributed by atoms with Gasteiger partial charge < -0.3 is 0 Å². The molecule has 3 aromatic rings. The Kier molecular flexibility index (Phi) is 5.62. The van der Waals surface area contributed by atoms with Crippen molar-refractivity contribution in [2.75, 3.05) is 5.32 Å². The lowest BCUT2D eigenvalue weighted by Gasteiger charge is -2.03. The van der Waals surface area contributed by atoms with Gasteiger partial charge in [-0.25, -0.2) is 8.78 Å². The molecule has 0 spiro atoms. The molecule has 1 amide bonds. The quantitative estimate of drug-likeness (QED) is 0.485. The van der Waals surface area contributed by atoms with E-state index in [1.54, 1.807) is 12.1 Å². The fourth-order valence-corrected chi connectivity index (χ4v) is 3.75. The summed E-state index contributed by atoms with van der Waals surface area (Å²) in [6, 6.07) is 10.6. The summed E-state index contributed by atoms with van der Waals surface area (Å²) < 4.78 is 27.8. The van der Waals surface area contributed by atoms with Crippen LogP contribution in [0.4, 0.5) is 13.9 Å². The van der Waals surface area contributed by atoms with E-state index in [0.29, 0.717) is 15.1 Å². The molecule has 0 aliphatic rings. The number of nitrogens with one attached hydrogen (secondary N) is 1. The van der Waals surface area contributed by atoms with Crippen LogP contribution in [0.3, 0.4) is 0 Å². The van der Waals surface area contributed by atoms with E-state index >= 15 is 0 Å². The molecule has 4 nitrogen and oxygen atoms in total. The van der Waals surface area contributed by atoms with Crippen molar-refractivity contribution in [2.45, 2.75) is 10.1 Å². The van der Waals surface area contributed by atoms with Gasteiger partial charge in [0.1, 0.15) is 17.2 Å². The van der Waals surface area contributed by atoms with Gasteiger partial charge in [-0.1, -0.05) is 52.9 Å². The minimum atomic E-state index is -0.931. The van der Waals surface area contributed by atoms with Crippen LogP contribution in [0.25, 0.3) is 0 Å². The highest BCUT2D eigenvalue weighted by molar-refractivity contribution is 8.00. The fraction of sp³-hybridized carbons (Fsp3) is 0.0625. The lowest BCUT2D eigenvalue weighted by Crippen LogP contribution is -2.15. The molecule has 0 fully saturated rings. The number of hydrogen-bond donors (Lipinski definition) is 1. The van der Waals surface area contributed by atoms with Crippen LogP contribution in [0.5, 0.6) is 0 Å². The topological polar surface area (TPSA) is 54.9 Å². The van der Waals surface area contributed by atoms with Gasteiger partial charge in [-0.05, 0) is 29.8 Å². The number of carbonyl (C=O) groups excluding carboxylic acids is 1. The molecule has 1 heterocycles. The highest BCUT2D eigenvalue weighted by atomic mass is 35.5. The van der Waals surface area contributed by atoms with E-state index in [4.69, 9.17) is 11.6 Å². The molecule has 0 radical (unpaired) electrons. The smallest absolute Gasteiger partial charge is 0.263 e. The lowest BCUT2D eigenvalue weighted by molar-refractivity contribution is 0.101. The highest BCUT2D eigenvalue weighted by Gasteiger charge is 2.18. The van der Waals surface area contributed by atoms with Gasteiger partial charge in [0.05, 0.1) is 0 Å². The third-order valence-corrected chi connectivity index (χ3v) is 5.39. The summed E-state index contributed by atoms with van der Waals surface area (Å²) in [5.41, 5.74) is 0.414. The zero-order chi connectivity index (χ0) is 17.8. The van der Waals surface area contributed by atoms with Crippen molar-refractivity contribution >= 4 is 45.7 Å². The Bertz CT molecular complexity index is 882. The average molecular weight is 398 g/mol. The van der Waals surface area contributed by atoms with Gasteiger partial charge in [0.15, 0.2) is 4.34 Å². The molecule has 0 saturated carbocycles. The molecule has 0 bridgehead atoms. The minimum Gasteiger partial charge on any atom is -0.296 e. The third-order valence-electron chi connectivity index (χ3n) is 3.09. The molecule has 9 heteroatoms. The van der Waals surface area contributed by atoms with Crippen molar-refractivity contribution in [1.29, 1.82) is 0 Å². The molecule has 128 valence electrons. The Morgan fingerprint density at radius 1 is 1.12 bits per heavy atom. The van der Waals surface area contributed by atoms with Crippen molar-refractivity contribution in [2.24, 2.45) is 0 Å². The van der Waals surface area contributed by atoms with Gasteiger partial charge in [-0.3, -0.25) is 10.1 Å². The van der Waals surface area contributed by atoms with E-state index in [0.717, 1.165) is 29.0 Å². The van der Waals surface area contributed by atoms with E-state index in [9.17, 15) is 13.6 Å². The zero-order valence-electron chi connectivity index (χ0n) is 12.5. The maximum atomic E-state index is 13.6. The number of hydrogen-bond acceptors (Lipinski definition) is 5. The molecule has 0 saturated heterocycles. The molecule has 25 heavy (non-hydrogen) atoms. The third kappa shape index (κ3) is 4.53. The Morgan fingerprint density at radius 2 is 1.80 bits per heavy atom. The predicted octanol–water partition coefficient (Wildman–Crippen LogP) is 5.01. The van der Waals surface area contributed by atoms with Crippen LogP contribution < -0.4 is 5.32 Å². The molecule has 0 aliphatic carbocycles. The van der Waals surface area contributed by atoms with Crippen LogP contribution in [-0.4, -0.2) is 16.1 Å². The number of anilines is 1.